The van der Waals surface area contributed by atoms with Gasteiger partial charge in [-0.25, -0.2) is 0 Å². The second kappa shape index (κ2) is 66.8. The van der Waals surface area contributed by atoms with Crippen molar-refractivity contribution in [1.29, 1.82) is 0 Å². The molecule has 0 aromatic heterocycles. The number of hydrogen-bond donors (Lipinski definition) is 5. The number of benzene rings is 5. The van der Waals surface area contributed by atoms with Crippen molar-refractivity contribution in [2.45, 2.75) is 104 Å². The van der Waals surface area contributed by atoms with Crippen LogP contribution >= 0.6 is 0 Å². The number of aliphatic hydroxyl groups excluding tert-OH is 2. The molecule has 0 atom stereocenters. The van der Waals surface area contributed by atoms with Crippen LogP contribution in [0, 0.1) is 20.2 Å². The van der Waals surface area contributed by atoms with E-state index in [0.29, 0.717) is 32.7 Å². The third kappa shape index (κ3) is 60.9. The summed E-state index contributed by atoms with van der Waals surface area (Å²) in [5.41, 5.74) is 2.25. The topological polar surface area (TPSA) is 565 Å². The van der Waals surface area contributed by atoms with E-state index in [-0.39, 0.29) is 148 Å². The van der Waals surface area contributed by atoms with Crippen molar-refractivity contribution in [3.63, 3.8) is 0 Å². The van der Waals surface area contributed by atoms with Crippen LogP contribution in [0.1, 0.15) is 101 Å². The van der Waals surface area contributed by atoms with Crippen LogP contribution in [0.5, 0.6) is 11.5 Å². The molecule has 116 heavy (non-hydrogen) atoms. The first-order valence-corrected chi connectivity index (χ1v) is 34.8. The molecule has 0 saturated carbocycles. The van der Waals surface area contributed by atoms with Gasteiger partial charge in [0.15, 0.2) is 0 Å². The Balaban J connectivity index is 0.00000153. The number of aliphatic carboxylic acids is 3. The maximum absolute atomic E-state index is 11.7. The first-order valence-electron chi connectivity index (χ1n) is 34.8. The molecule has 0 saturated heterocycles. The van der Waals surface area contributed by atoms with Gasteiger partial charge in [-0.3, -0.25) is 87.4 Å². The van der Waals surface area contributed by atoms with Crippen LogP contribution in [-0.4, -0.2) is 225 Å². The number of nitrogens with zero attached hydrogens (tertiary/aromatic N) is 2. The summed E-state index contributed by atoms with van der Waals surface area (Å²) in [6.07, 6.45) is -0.0453. The van der Waals surface area contributed by atoms with Crippen LogP contribution in [0.25, 0.3) is 0 Å². The molecular formula is C76H94N2O38. The molecule has 5 N–H and O–H groups in total. The molecule has 40 heteroatoms. The average Bonchev–Trinajstić information content (AvgIpc) is 0.890. The maximum atomic E-state index is 11.7. The Kier molecular flexibility index (Phi) is 59.5. The number of unbranched alkanes of at least 4 members (excludes halogenated alkanes) is 3. The normalized spacial score (nSPS) is 9.95. The molecule has 5 rings (SSSR count). The standard InChI is InChI=1S/C24H26O9.C22H20N2O13.C15H20O4.C10H14O9.C4H10O3.CH4/c25-21(15-23(27)32-17-19-7-3-1-4-8-19)30-13-11-29-12-14-31-22(26)16-24(28)33-18-20-9-5-2-6-10-20;25-19(13-21(27)36-17-5-1-15(2-6-17)23(29)30)34-11-9-33-10-12-35-20(26)14-22(28)37-18-7-3-16(4-8-18)24(31)32;16-14(17)10-6-1-2-7-11-15(18)19-12-13-8-4-3-5-9-13;11-7(12)5-9(15)18-3-1-17-2-4-19-10(16)6-8(13)14;5-1-3-7-4-2-6;/h1-10H,11-18H2;1-8H,9-14H2;3-5,8-9H,1-2,6-7,10-12H2,(H,16,17);1-6H2,(H,11,12)(H,13,14);5-6H,1-4H2;1H4. The molecule has 0 fully saturated rings. The lowest BCUT2D eigenvalue weighted by Crippen LogP contribution is -2.19. The van der Waals surface area contributed by atoms with Gasteiger partial charge in [-0.2, -0.15) is 0 Å². The van der Waals surface area contributed by atoms with Gasteiger partial charge in [-0.1, -0.05) is 111 Å². The number of ether oxygens (including phenoxy) is 15. The Morgan fingerprint density at radius 1 is 0.276 bits per heavy atom. The molecule has 0 radical (unpaired) electrons. The van der Waals surface area contributed by atoms with Gasteiger partial charge >= 0.3 is 83.6 Å². The number of non-ortho nitro benzene ring substituents is 2. The van der Waals surface area contributed by atoms with E-state index < -0.39 is 126 Å². The molecule has 0 spiro atoms. The quantitative estimate of drug-likeness (QED) is 0.00560. The first kappa shape index (κ1) is 103. The molecule has 0 aliphatic rings. The van der Waals surface area contributed by atoms with E-state index in [2.05, 4.69) is 14.2 Å². The summed E-state index contributed by atoms with van der Waals surface area (Å²) in [5, 5.41) is 62.3. The molecule has 0 amide bonds. The van der Waals surface area contributed by atoms with E-state index in [4.69, 9.17) is 82.4 Å². The zero-order valence-electron chi connectivity index (χ0n) is 62.3. The van der Waals surface area contributed by atoms with E-state index >= 15 is 0 Å². The highest BCUT2D eigenvalue weighted by Gasteiger charge is 2.19. The lowest BCUT2D eigenvalue weighted by molar-refractivity contribution is -0.385. The molecule has 5 aromatic carbocycles. The second-order valence-electron chi connectivity index (χ2n) is 22.3. The van der Waals surface area contributed by atoms with Crippen molar-refractivity contribution in [2.75, 3.05) is 106 Å². The molecule has 0 bridgehead atoms. The van der Waals surface area contributed by atoms with Gasteiger partial charge in [0.1, 0.15) is 109 Å². The van der Waals surface area contributed by atoms with Crippen molar-refractivity contribution in [2.24, 2.45) is 0 Å². The van der Waals surface area contributed by atoms with Crippen molar-refractivity contribution < 1.29 is 174 Å². The Morgan fingerprint density at radius 3 is 0.793 bits per heavy atom. The smallest absolute Gasteiger partial charge is 0.322 e. The van der Waals surface area contributed by atoms with Crippen LogP contribution in [0.15, 0.2) is 140 Å². The predicted molar refractivity (Wildman–Crippen MR) is 394 cm³/mol. The zero-order chi connectivity index (χ0) is 85.1. The summed E-state index contributed by atoms with van der Waals surface area (Å²) in [5.74, 6) is -11.6. The summed E-state index contributed by atoms with van der Waals surface area (Å²) in [6, 6.07) is 37.2. The Bertz CT molecular complexity index is 3530. The Labute approximate surface area is 664 Å². The van der Waals surface area contributed by atoms with Gasteiger partial charge in [-0.05, 0) is 53.8 Å². The minimum atomic E-state index is -1.28. The first-order chi connectivity index (χ1) is 55.2. The molecule has 636 valence electrons. The summed E-state index contributed by atoms with van der Waals surface area (Å²) in [7, 11) is 0. The molecule has 0 aliphatic carbocycles. The predicted octanol–water partition coefficient (Wildman–Crippen LogP) is 6.07. The molecule has 0 aliphatic heterocycles. The minimum Gasteiger partial charge on any atom is -0.481 e. The monoisotopic (exact) mass is 1640 g/mol. The van der Waals surface area contributed by atoms with Crippen molar-refractivity contribution >= 4 is 94.9 Å². The van der Waals surface area contributed by atoms with Crippen LogP contribution < -0.4 is 9.47 Å². The van der Waals surface area contributed by atoms with Gasteiger partial charge in [0.05, 0.1) is 75.9 Å². The number of carbonyl (C=O) groups excluding carboxylic acids is 11. The van der Waals surface area contributed by atoms with Gasteiger partial charge in [0.25, 0.3) is 11.4 Å². The minimum absolute atomic E-state index is 0. The number of rotatable bonds is 51. The molecule has 40 nitrogen and oxygen atoms in total. The summed E-state index contributed by atoms with van der Waals surface area (Å²) in [6.45, 7) is 0.440. The fraction of sp³-hybridized carbons (Fsp3) is 0.421. The highest BCUT2D eigenvalue weighted by Crippen LogP contribution is 2.20. The number of nitro benzene ring substituents is 2. The van der Waals surface area contributed by atoms with Gasteiger partial charge in [-0.15, -0.1) is 0 Å². The van der Waals surface area contributed by atoms with Crippen LogP contribution in [0.3, 0.4) is 0 Å². The highest BCUT2D eigenvalue weighted by atomic mass is 16.6. The average molecular weight is 1640 g/mol. The van der Waals surface area contributed by atoms with Crippen molar-refractivity contribution in [1.82, 2.24) is 0 Å². The van der Waals surface area contributed by atoms with E-state index in [1.165, 1.54) is 24.3 Å². The van der Waals surface area contributed by atoms with E-state index in [1.807, 2.05) is 66.7 Å². The lowest BCUT2D eigenvalue weighted by atomic mass is 10.1. The Morgan fingerprint density at radius 2 is 0.526 bits per heavy atom. The number of carboxylic acids is 3. The fourth-order valence-electron chi connectivity index (χ4n) is 7.74. The third-order valence-corrected chi connectivity index (χ3v) is 13.0. The zero-order valence-corrected chi connectivity index (χ0v) is 62.3. The number of carbonyl (C=O) groups is 14. The number of hydrogen-bond acceptors (Lipinski definition) is 35. The third-order valence-electron chi connectivity index (χ3n) is 13.0. The molecular weight excluding hydrogens is 1550 g/mol. The summed E-state index contributed by atoms with van der Waals surface area (Å²) >= 11 is 0. The SMILES string of the molecule is C.O=C(CC(=O)OCc1ccccc1)OCCOCCOC(=O)CC(=O)OCc1ccccc1.O=C(CC(=O)Oc1ccc([N+](=O)[O-])cc1)OCCOCCOC(=O)CC(=O)Oc1ccc([N+](=O)[O-])cc1.O=C(O)CC(=O)OCCOCCOC(=O)CC(=O)O.O=C(O)CCCCCCC(=O)OCc1ccccc1.OCCOCCO. The second-order valence-corrected chi connectivity index (χ2v) is 22.3. The number of esters is 11. The lowest BCUT2D eigenvalue weighted by Gasteiger charge is -2.08. The van der Waals surface area contributed by atoms with Crippen molar-refractivity contribution in [3.8, 4) is 11.5 Å². The van der Waals surface area contributed by atoms with E-state index in [1.54, 1.807) is 24.3 Å². The molecule has 0 unspecified atom stereocenters. The highest BCUT2D eigenvalue weighted by molar-refractivity contribution is 5.94. The maximum Gasteiger partial charge on any atom is 0.322 e. The number of aliphatic hydroxyl groups is 2. The number of nitro groups is 2. The fourth-order valence-corrected chi connectivity index (χ4v) is 7.74. The number of carboxylic acid groups (broad SMARTS) is 3. The van der Waals surface area contributed by atoms with E-state index in [0.717, 1.165) is 60.2 Å². The largest absolute Gasteiger partial charge is 0.481 e. The summed E-state index contributed by atoms with van der Waals surface area (Å²) < 4.78 is 73.0. The van der Waals surface area contributed by atoms with Gasteiger partial charge in [0, 0.05) is 37.1 Å². The molecule has 5 aromatic rings. The van der Waals surface area contributed by atoms with Crippen molar-refractivity contribution in [3.05, 3.63) is 176 Å². The van der Waals surface area contributed by atoms with Gasteiger partial charge in [0.2, 0.25) is 0 Å². The van der Waals surface area contributed by atoms with Crippen LogP contribution in [0.2, 0.25) is 0 Å². The van der Waals surface area contributed by atoms with Crippen LogP contribution in [0.4, 0.5) is 11.4 Å². The Hall–Kier alpha value is -12.8. The van der Waals surface area contributed by atoms with Gasteiger partial charge < -0.3 is 96.6 Å². The van der Waals surface area contributed by atoms with Crippen LogP contribution in [-0.2, 0) is 149 Å². The van der Waals surface area contributed by atoms with E-state index in [9.17, 15) is 87.4 Å². The summed E-state index contributed by atoms with van der Waals surface area (Å²) in [4.78, 5) is 176. The molecule has 0 heterocycles.